The first-order chi connectivity index (χ1) is 6.50. The molecule has 0 saturated carbocycles. The van der Waals surface area contributed by atoms with Crippen LogP contribution in [0.4, 0.5) is 18.9 Å². The third-order valence-corrected chi connectivity index (χ3v) is 1.66. The van der Waals surface area contributed by atoms with Crippen molar-refractivity contribution in [3.05, 3.63) is 23.5 Å². The molecule has 2 nitrogen and oxygen atoms in total. The second-order valence-electron chi connectivity index (χ2n) is 2.84. The fourth-order valence-electron chi connectivity index (χ4n) is 0.948. The highest BCUT2D eigenvalue weighted by Gasteiger charge is 2.08. The molecule has 0 aliphatic rings. The summed E-state index contributed by atoms with van der Waals surface area (Å²) in [5.74, 6) is -0.393. The van der Waals surface area contributed by atoms with Gasteiger partial charge in [0.05, 0.1) is 5.69 Å². The summed E-state index contributed by atoms with van der Waals surface area (Å²) in [6, 6.07) is 2.35. The summed E-state index contributed by atoms with van der Waals surface area (Å²) in [5.41, 5.74) is 5.70. The van der Waals surface area contributed by atoms with Gasteiger partial charge in [-0.05, 0) is 18.6 Å². The lowest BCUT2D eigenvalue weighted by Gasteiger charge is -2.09. The molecule has 0 heterocycles. The zero-order chi connectivity index (χ0) is 10.7. The Morgan fingerprint density at radius 3 is 2.64 bits per heavy atom. The van der Waals surface area contributed by atoms with E-state index in [-0.39, 0.29) is 11.4 Å². The summed E-state index contributed by atoms with van der Waals surface area (Å²) in [6.45, 7) is 0.763. The van der Waals surface area contributed by atoms with Gasteiger partial charge in [-0.3, -0.25) is 0 Å². The van der Waals surface area contributed by atoms with Crippen molar-refractivity contribution in [3.63, 3.8) is 0 Å². The number of nitrogen functional groups attached to an aromatic ring is 1. The molecule has 0 amide bonds. The van der Waals surface area contributed by atoms with Gasteiger partial charge in [0, 0.05) is 6.07 Å². The van der Waals surface area contributed by atoms with Crippen molar-refractivity contribution in [3.8, 4) is 5.75 Å². The monoisotopic (exact) mass is 205 g/mol. The summed E-state index contributed by atoms with van der Waals surface area (Å²) in [4.78, 5) is 0. The molecule has 2 N–H and O–H groups in total. The molecular formula is C9H10F3NO. The zero-order valence-electron chi connectivity index (χ0n) is 7.56. The molecule has 14 heavy (non-hydrogen) atoms. The number of alkyl halides is 2. The van der Waals surface area contributed by atoms with Gasteiger partial charge in [0.25, 0.3) is 6.43 Å². The summed E-state index contributed by atoms with van der Waals surface area (Å²) < 4.78 is 41.2. The molecule has 0 spiro atoms. The molecule has 0 radical (unpaired) electrons. The van der Waals surface area contributed by atoms with E-state index in [0.29, 0.717) is 5.56 Å². The van der Waals surface area contributed by atoms with E-state index in [1.807, 2.05) is 0 Å². The average Bonchev–Trinajstić information content (AvgIpc) is 2.09. The van der Waals surface area contributed by atoms with Crippen LogP contribution in [0.1, 0.15) is 5.56 Å². The maximum Gasteiger partial charge on any atom is 0.272 e. The maximum atomic E-state index is 12.9. The lowest BCUT2D eigenvalue weighted by atomic mass is 10.2. The Bertz CT molecular complexity index is 328. The molecule has 1 aromatic carbocycles. The van der Waals surface area contributed by atoms with Crippen molar-refractivity contribution in [1.29, 1.82) is 0 Å². The number of rotatable bonds is 3. The Kier molecular flexibility index (Phi) is 3.22. The topological polar surface area (TPSA) is 35.2 Å². The fraction of sp³-hybridized carbons (Fsp3) is 0.333. The SMILES string of the molecule is Cc1cc(OCC(F)F)c(N)cc1F. The minimum atomic E-state index is -2.57. The maximum absolute atomic E-state index is 12.9. The molecule has 1 aromatic rings. The Hall–Kier alpha value is -1.39. The predicted molar refractivity (Wildman–Crippen MR) is 47.0 cm³/mol. The van der Waals surface area contributed by atoms with Gasteiger partial charge in [-0.2, -0.15) is 0 Å². The zero-order valence-corrected chi connectivity index (χ0v) is 7.56. The number of hydrogen-bond acceptors (Lipinski definition) is 2. The minimum Gasteiger partial charge on any atom is -0.485 e. The van der Waals surface area contributed by atoms with Crippen molar-refractivity contribution in [1.82, 2.24) is 0 Å². The minimum absolute atomic E-state index is 0.0220. The van der Waals surface area contributed by atoms with Gasteiger partial charge < -0.3 is 10.5 Å². The third-order valence-electron chi connectivity index (χ3n) is 1.66. The van der Waals surface area contributed by atoms with E-state index in [2.05, 4.69) is 0 Å². The number of anilines is 1. The molecule has 0 bridgehead atoms. The molecule has 0 atom stereocenters. The van der Waals surface area contributed by atoms with E-state index in [1.54, 1.807) is 0 Å². The van der Waals surface area contributed by atoms with Gasteiger partial charge in [-0.1, -0.05) is 0 Å². The lowest BCUT2D eigenvalue weighted by molar-refractivity contribution is 0.0822. The number of ether oxygens (including phenoxy) is 1. The highest BCUT2D eigenvalue weighted by molar-refractivity contribution is 5.54. The van der Waals surface area contributed by atoms with Crippen LogP contribution in [0, 0.1) is 12.7 Å². The van der Waals surface area contributed by atoms with Crippen LogP contribution in [0.3, 0.4) is 0 Å². The highest BCUT2D eigenvalue weighted by Crippen LogP contribution is 2.25. The van der Waals surface area contributed by atoms with E-state index in [0.717, 1.165) is 6.07 Å². The molecule has 0 saturated heterocycles. The molecule has 5 heteroatoms. The van der Waals surface area contributed by atoms with Gasteiger partial charge >= 0.3 is 0 Å². The first-order valence-electron chi connectivity index (χ1n) is 3.97. The summed E-state index contributed by atoms with van der Waals surface area (Å²) >= 11 is 0. The number of benzene rings is 1. The van der Waals surface area contributed by atoms with Crippen LogP contribution in [-0.2, 0) is 0 Å². The van der Waals surface area contributed by atoms with E-state index in [4.69, 9.17) is 10.5 Å². The average molecular weight is 205 g/mol. The van der Waals surface area contributed by atoms with Crippen LogP contribution < -0.4 is 10.5 Å². The van der Waals surface area contributed by atoms with Crippen molar-refractivity contribution >= 4 is 5.69 Å². The molecule has 0 aliphatic heterocycles. The Morgan fingerprint density at radius 2 is 2.07 bits per heavy atom. The van der Waals surface area contributed by atoms with Crippen molar-refractivity contribution in [2.75, 3.05) is 12.3 Å². The van der Waals surface area contributed by atoms with Gasteiger partial charge in [0.1, 0.15) is 18.2 Å². The number of halogens is 3. The molecule has 0 unspecified atom stereocenters. The fourth-order valence-corrected chi connectivity index (χ4v) is 0.948. The van der Waals surface area contributed by atoms with Crippen molar-refractivity contribution in [2.45, 2.75) is 13.3 Å². The van der Waals surface area contributed by atoms with Crippen LogP contribution in [0.2, 0.25) is 0 Å². The molecule has 0 fully saturated rings. The second-order valence-corrected chi connectivity index (χ2v) is 2.84. The van der Waals surface area contributed by atoms with Crippen molar-refractivity contribution < 1.29 is 17.9 Å². The largest absolute Gasteiger partial charge is 0.485 e. The first-order valence-corrected chi connectivity index (χ1v) is 3.97. The molecule has 78 valence electrons. The van der Waals surface area contributed by atoms with Crippen LogP contribution in [0.5, 0.6) is 5.75 Å². The molecule has 0 aliphatic carbocycles. The quantitative estimate of drug-likeness (QED) is 0.769. The number of hydrogen-bond donors (Lipinski definition) is 1. The Morgan fingerprint density at radius 1 is 1.43 bits per heavy atom. The Labute approximate surface area is 79.5 Å². The third kappa shape index (κ3) is 2.55. The smallest absolute Gasteiger partial charge is 0.272 e. The van der Waals surface area contributed by atoms with E-state index in [1.165, 1.54) is 13.0 Å². The predicted octanol–water partition coefficient (Wildman–Crippen LogP) is 2.36. The van der Waals surface area contributed by atoms with Crippen LogP contribution in [0.15, 0.2) is 12.1 Å². The standard InChI is InChI=1S/C9H10F3NO/c1-5-2-8(14-4-9(11)12)7(13)3-6(5)10/h2-3,9H,4,13H2,1H3. The van der Waals surface area contributed by atoms with Crippen LogP contribution in [0.25, 0.3) is 0 Å². The van der Waals surface area contributed by atoms with Crippen molar-refractivity contribution in [2.24, 2.45) is 0 Å². The number of aryl methyl sites for hydroxylation is 1. The lowest BCUT2D eigenvalue weighted by Crippen LogP contribution is -2.08. The van der Waals surface area contributed by atoms with E-state index >= 15 is 0 Å². The van der Waals surface area contributed by atoms with Crippen LogP contribution >= 0.6 is 0 Å². The summed E-state index contributed by atoms with van der Waals surface area (Å²) in [6.07, 6.45) is -2.57. The van der Waals surface area contributed by atoms with Gasteiger partial charge in [-0.25, -0.2) is 13.2 Å². The van der Waals surface area contributed by atoms with Crippen LogP contribution in [-0.4, -0.2) is 13.0 Å². The van der Waals surface area contributed by atoms with Gasteiger partial charge in [0.15, 0.2) is 0 Å². The molecular weight excluding hydrogens is 195 g/mol. The summed E-state index contributed by atoms with van der Waals surface area (Å²) in [5, 5.41) is 0. The van der Waals surface area contributed by atoms with Gasteiger partial charge in [-0.15, -0.1) is 0 Å². The van der Waals surface area contributed by atoms with E-state index in [9.17, 15) is 13.2 Å². The Balaban J connectivity index is 2.82. The van der Waals surface area contributed by atoms with E-state index < -0.39 is 18.8 Å². The molecule has 1 rings (SSSR count). The number of nitrogens with two attached hydrogens (primary N) is 1. The first kappa shape index (κ1) is 10.7. The molecule has 0 aromatic heterocycles. The summed E-state index contributed by atoms with van der Waals surface area (Å²) in [7, 11) is 0. The highest BCUT2D eigenvalue weighted by atomic mass is 19.3. The van der Waals surface area contributed by atoms with Gasteiger partial charge in [0.2, 0.25) is 0 Å². The normalized spacial score (nSPS) is 10.6. The second kappa shape index (κ2) is 4.21.